The predicted molar refractivity (Wildman–Crippen MR) is 313 cm³/mol. The molecule has 0 atom stereocenters. The third kappa shape index (κ3) is 8.60. The van der Waals surface area contributed by atoms with Crippen molar-refractivity contribution in [3.63, 3.8) is 0 Å². The maximum absolute atomic E-state index is 2.47. The van der Waals surface area contributed by atoms with Gasteiger partial charge in [0.2, 0.25) is 0 Å². The van der Waals surface area contributed by atoms with Gasteiger partial charge in [-0.3, -0.25) is 0 Å². The average Bonchev–Trinajstić information content (AvgIpc) is 3.40. The molecule has 11 rings (SSSR count). The summed E-state index contributed by atoms with van der Waals surface area (Å²) >= 11 is 0. The Morgan fingerprint density at radius 2 is 0.514 bits per heavy atom. The normalized spacial score (nSPS) is 11.8. The second-order valence-electron chi connectivity index (χ2n) is 20.9. The highest BCUT2D eigenvalue weighted by Gasteiger charge is 2.24. The SMILES string of the molecule is CC(C)c1ccc(N(c2ccc(C(C)C)cc2)c2ccc3c(-c4cccc5ccccc45)c4cc(N(c5ccc(C(C)C)cc5)c5ccc(C(C)C)cc5)ccc4c(-c4cccc5ccccc45)c3c2)cc1. The van der Waals surface area contributed by atoms with Crippen molar-refractivity contribution in [1.29, 1.82) is 0 Å². The van der Waals surface area contributed by atoms with E-state index in [1.165, 1.54) is 87.6 Å². The molecule has 0 spiro atoms. The van der Waals surface area contributed by atoms with Crippen LogP contribution in [0, 0.1) is 0 Å². The van der Waals surface area contributed by atoms with Gasteiger partial charge in [-0.2, -0.15) is 0 Å². The van der Waals surface area contributed by atoms with E-state index in [-0.39, 0.29) is 0 Å². The molecule has 2 heteroatoms. The summed E-state index contributed by atoms with van der Waals surface area (Å²) in [5, 5.41) is 9.75. The van der Waals surface area contributed by atoms with Gasteiger partial charge in [-0.05, 0) is 184 Å². The Morgan fingerprint density at radius 3 is 0.819 bits per heavy atom. The number of benzene rings is 11. The van der Waals surface area contributed by atoms with Gasteiger partial charge in [0.1, 0.15) is 0 Å². The number of nitrogens with zero attached hydrogens (tertiary/aromatic N) is 2. The number of anilines is 6. The Bertz CT molecular complexity index is 3360. The summed E-state index contributed by atoms with van der Waals surface area (Å²) in [6.45, 7) is 18.1. The van der Waals surface area contributed by atoms with Crippen molar-refractivity contribution in [1.82, 2.24) is 0 Å². The predicted octanol–water partition coefficient (Wildman–Crippen LogP) is 21.1. The number of rotatable bonds is 12. The molecule has 0 saturated carbocycles. The fraction of sp³-hybridized carbons (Fsp3) is 0.171. The van der Waals surface area contributed by atoms with Gasteiger partial charge < -0.3 is 9.80 Å². The zero-order chi connectivity index (χ0) is 49.6. The molecule has 0 saturated heterocycles. The quantitative estimate of drug-likeness (QED) is 0.113. The van der Waals surface area contributed by atoms with Gasteiger partial charge >= 0.3 is 0 Å². The zero-order valence-corrected chi connectivity index (χ0v) is 43.0. The van der Waals surface area contributed by atoms with E-state index in [0.29, 0.717) is 23.7 Å². The lowest BCUT2D eigenvalue weighted by Gasteiger charge is -2.29. The van der Waals surface area contributed by atoms with Crippen molar-refractivity contribution in [2.24, 2.45) is 0 Å². The molecule has 2 nitrogen and oxygen atoms in total. The molecule has 0 aliphatic rings. The van der Waals surface area contributed by atoms with Crippen LogP contribution in [0.3, 0.4) is 0 Å². The molecule has 0 fully saturated rings. The van der Waals surface area contributed by atoms with Crippen molar-refractivity contribution in [2.75, 3.05) is 9.80 Å². The molecular formula is C70H64N2. The summed E-state index contributed by atoms with van der Waals surface area (Å²) in [6.07, 6.45) is 0. The van der Waals surface area contributed by atoms with Crippen LogP contribution in [0.4, 0.5) is 34.1 Å². The molecule has 0 aliphatic heterocycles. The van der Waals surface area contributed by atoms with E-state index in [1.54, 1.807) is 0 Å². The van der Waals surface area contributed by atoms with Gasteiger partial charge in [0.25, 0.3) is 0 Å². The molecular weight excluding hydrogens is 869 g/mol. The summed E-state index contributed by atoms with van der Waals surface area (Å²) < 4.78 is 0. The Hall–Kier alpha value is -7.94. The van der Waals surface area contributed by atoms with E-state index in [2.05, 4.69) is 284 Å². The summed E-state index contributed by atoms with van der Waals surface area (Å²) in [5.74, 6) is 1.74. The maximum atomic E-state index is 2.47. The van der Waals surface area contributed by atoms with Gasteiger partial charge in [-0.15, -0.1) is 0 Å². The van der Waals surface area contributed by atoms with Crippen LogP contribution in [-0.4, -0.2) is 0 Å². The van der Waals surface area contributed by atoms with Crippen LogP contribution in [0.2, 0.25) is 0 Å². The smallest absolute Gasteiger partial charge is 0.0468 e. The first kappa shape index (κ1) is 46.4. The van der Waals surface area contributed by atoms with Crippen molar-refractivity contribution < 1.29 is 0 Å². The van der Waals surface area contributed by atoms with E-state index in [1.807, 2.05) is 0 Å². The molecule has 0 aromatic heterocycles. The second-order valence-corrected chi connectivity index (χ2v) is 20.9. The molecule has 0 amide bonds. The third-order valence-electron chi connectivity index (χ3n) is 15.0. The standard InChI is InChI=1S/C70H64N2/c1-45(2)49-23-31-55(32-24-49)71(56-33-25-50(26-34-56)46(3)4)59-39-41-65-67(43-59)69(63-21-13-17-53-15-9-11-19-61(53)63)66-42-40-60(44-68(66)70(65)64-22-14-18-54-16-10-12-20-62(54)64)72(57-35-27-51(28-36-57)47(5)6)58-37-29-52(30-38-58)48(7)8/h9-48H,1-8H3. The Labute approximate surface area is 426 Å². The van der Waals surface area contributed by atoms with E-state index in [4.69, 9.17) is 0 Å². The van der Waals surface area contributed by atoms with Crippen LogP contribution in [0.1, 0.15) is 101 Å². The van der Waals surface area contributed by atoms with Gasteiger partial charge in [-0.1, -0.05) is 201 Å². The minimum Gasteiger partial charge on any atom is -0.310 e. The molecule has 0 unspecified atom stereocenters. The molecule has 0 aliphatic carbocycles. The summed E-state index contributed by atoms with van der Waals surface area (Å²) in [6, 6.07) is 82.5. The first-order valence-electron chi connectivity index (χ1n) is 26.0. The summed E-state index contributed by atoms with van der Waals surface area (Å²) in [5.41, 5.74) is 17.0. The fourth-order valence-electron chi connectivity index (χ4n) is 10.9. The Balaban J connectivity index is 1.25. The highest BCUT2D eigenvalue weighted by molar-refractivity contribution is 6.26. The van der Waals surface area contributed by atoms with Gasteiger partial charge in [-0.25, -0.2) is 0 Å². The molecule has 354 valence electrons. The summed E-state index contributed by atoms with van der Waals surface area (Å²) in [4.78, 5) is 4.89. The number of hydrogen-bond acceptors (Lipinski definition) is 2. The largest absolute Gasteiger partial charge is 0.310 e. The van der Waals surface area contributed by atoms with E-state index in [0.717, 1.165) is 34.1 Å². The summed E-state index contributed by atoms with van der Waals surface area (Å²) in [7, 11) is 0. The number of hydrogen-bond donors (Lipinski definition) is 0. The fourth-order valence-corrected chi connectivity index (χ4v) is 10.9. The van der Waals surface area contributed by atoms with Crippen LogP contribution in [0.5, 0.6) is 0 Å². The molecule has 11 aromatic rings. The zero-order valence-electron chi connectivity index (χ0n) is 43.0. The Morgan fingerprint density at radius 1 is 0.236 bits per heavy atom. The molecule has 0 N–H and O–H groups in total. The van der Waals surface area contributed by atoms with Gasteiger partial charge in [0, 0.05) is 34.1 Å². The average molecular weight is 933 g/mol. The highest BCUT2D eigenvalue weighted by atomic mass is 15.1. The number of fused-ring (bicyclic) bond motifs is 4. The lowest BCUT2D eigenvalue weighted by atomic mass is 9.83. The van der Waals surface area contributed by atoms with Crippen LogP contribution in [-0.2, 0) is 0 Å². The van der Waals surface area contributed by atoms with Gasteiger partial charge in [0.05, 0.1) is 0 Å². The molecule has 0 heterocycles. The van der Waals surface area contributed by atoms with Gasteiger partial charge in [0.15, 0.2) is 0 Å². The molecule has 11 aromatic carbocycles. The minimum atomic E-state index is 0.436. The van der Waals surface area contributed by atoms with E-state index < -0.39 is 0 Å². The van der Waals surface area contributed by atoms with Crippen LogP contribution in [0.15, 0.2) is 218 Å². The van der Waals surface area contributed by atoms with Crippen molar-refractivity contribution in [3.8, 4) is 22.3 Å². The van der Waals surface area contributed by atoms with E-state index >= 15 is 0 Å². The first-order chi connectivity index (χ1) is 35.0. The molecule has 0 bridgehead atoms. The minimum absolute atomic E-state index is 0.436. The first-order valence-corrected chi connectivity index (χ1v) is 26.0. The second kappa shape index (κ2) is 19.3. The lowest BCUT2D eigenvalue weighted by molar-refractivity contribution is 0.866. The maximum Gasteiger partial charge on any atom is 0.0468 e. The Kier molecular flexibility index (Phi) is 12.5. The molecule has 72 heavy (non-hydrogen) atoms. The van der Waals surface area contributed by atoms with E-state index in [9.17, 15) is 0 Å². The highest BCUT2D eigenvalue weighted by Crippen LogP contribution is 2.50. The van der Waals surface area contributed by atoms with Crippen molar-refractivity contribution in [2.45, 2.75) is 79.1 Å². The van der Waals surface area contributed by atoms with Crippen molar-refractivity contribution in [3.05, 3.63) is 241 Å². The topological polar surface area (TPSA) is 6.48 Å². The van der Waals surface area contributed by atoms with Crippen LogP contribution >= 0.6 is 0 Å². The third-order valence-corrected chi connectivity index (χ3v) is 15.0. The molecule has 0 radical (unpaired) electrons. The monoisotopic (exact) mass is 933 g/mol. The lowest BCUT2D eigenvalue weighted by Crippen LogP contribution is -2.11. The van der Waals surface area contributed by atoms with Crippen LogP contribution in [0.25, 0.3) is 65.3 Å². The van der Waals surface area contributed by atoms with Crippen molar-refractivity contribution >= 4 is 77.2 Å². The van der Waals surface area contributed by atoms with Crippen LogP contribution < -0.4 is 9.80 Å².